The van der Waals surface area contributed by atoms with Gasteiger partial charge in [0.1, 0.15) is 0 Å². The van der Waals surface area contributed by atoms with Gasteiger partial charge in [0.2, 0.25) is 0 Å². The average molecular weight is 130 g/mol. The standard InChI is InChI=1S/C6H10O3/c1-5(7-3)9-6(2)8-4/h1-2H2,3-4H3. The molecule has 3 heteroatoms. The topological polar surface area (TPSA) is 27.7 Å². The maximum atomic E-state index is 4.72. The van der Waals surface area contributed by atoms with Crippen LogP contribution < -0.4 is 0 Å². The summed E-state index contributed by atoms with van der Waals surface area (Å²) in [4.78, 5) is 0. The molecule has 52 valence electrons. The first-order valence-corrected chi connectivity index (χ1v) is 2.34. The monoisotopic (exact) mass is 130 g/mol. The molecule has 0 atom stereocenters. The lowest BCUT2D eigenvalue weighted by Crippen LogP contribution is -1.93. The average Bonchev–Trinajstić information content (AvgIpc) is 1.87. The van der Waals surface area contributed by atoms with E-state index in [1.54, 1.807) is 0 Å². The number of ether oxygens (including phenoxy) is 3. The van der Waals surface area contributed by atoms with Crippen molar-refractivity contribution in [1.29, 1.82) is 0 Å². The van der Waals surface area contributed by atoms with E-state index in [1.807, 2.05) is 0 Å². The summed E-state index contributed by atoms with van der Waals surface area (Å²) < 4.78 is 13.8. The number of hydrogen-bond donors (Lipinski definition) is 0. The number of methoxy groups -OCH3 is 2. The zero-order valence-electron chi connectivity index (χ0n) is 5.64. The molecule has 0 radical (unpaired) electrons. The van der Waals surface area contributed by atoms with Crippen molar-refractivity contribution in [3.05, 3.63) is 25.0 Å². The Morgan fingerprint density at radius 1 is 1.00 bits per heavy atom. The molecular weight excluding hydrogens is 120 g/mol. The van der Waals surface area contributed by atoms with Gasteiger partial charge in [0.15, 0.2) is 0 Å². The van der Waals surface area contributed by atoms with Crippen LogP contribution >= 0.6 is 0 Å². The second kappa shape index (κ2) is 3.83. The minimum atomic E-state index is 0.168. The van der Waals surface area contributed by atoms with Crippen molar-refractivity contribution in [3.63, 3.8) is 0 Å². The first kappa shape index (κ1) is 7.88. The highest BCUT2D eigenvalue weighted by Gasteiger charge is 1.94. The zero-order valence-corrected chi connectivity index (χ0v) is 5.64. The largest absolute Gasteiger partial charge is 0.469 e. The minimum absolute atomic E-state index is 0.168. The van der Waals surface area contributed by atoms with Crippen molar-refractivity contribution < 1.29 is 14.2 Å². The second-order valence-electron chi connectivity index (χ2n) is 1.25. The first-order chi connectivity index (χ1) is 4.20. The molecule has 0 fully saturated rings. The first-order valence-electron chi connectivity index (χ1n) is 2.34. The van der Waals surface area contributed by atoms with E-state index in [9.17, 15) is 0 Å². The van der Waals surface area contributed by atoms with E-state index in [1.165, 1.54) is 14.2 Å². The lowest BCUT2D eigenvalue weighted by atomic mass is 10.9. The Kier molecular flexibility index (Phi) is 3.35. The Morgan fingerprint density at radius 3 is 1.56 bits per heavy atom. The van der Waals surface area contributed by atoms with Crippen LogP contribution in [0.2, 0.25) is 0 Å². The van der Waals surface area contributed by atoms with E-state index in [-0.39, 0.29) is 11.9 Å². The van der Waals surface area contributed by atoms with Crippen LogP contribution in [0.5, 0.6) is 0 Å². The van der Waals surface area contributed by atoms with E-state index >= 15 is 0 Å². The molecule has 0 saturated carbocycles. The van der Waals surface area contributed by atoms with E-state index < -0.39 is 0 Å². The van der Waals surface area contributed by atoms with Gasteiger partial charge in [-0.15, -0.1) is 0 Å². The van der Waals surface area contributed by atoms with Crippen LogP contribution in [-0.4, -0.2) is 14.2 Å². The van der Waals surface area contributed by atoms with E-state index in [0.29, 0.717) is 0 Å². The third-order valence-electron chi connectivity index (χ3n) is 0.683. The SMILES string of the molecule is C=C(OC)OC(=C)OC. The molecule has 0 aliphatic rings. The molecule has 0 heterocycles. The quantitative estimate of drug-likeness (QED) is 0.536. The molecule has 0 N–H and O–H groups in total. The number of hydrogen-bond acceptors (Lipinski definition) is 3. The molecule has 0 aliphatic heterocycles. The van der Waals surface area contributed by atoms with Gasteiger partial charge in [-0.1, -0.05) is 0 Å². The summed E-state index contributed by atoms with van der Waals surface area (Å²) in [5.74, 6) is 0.337. The van der Waals surface area contributed by atoms with E-state index in [4.69, 9.17) is 4.74 Å². The zero-order chi connectivity index (χ0) is 7.28. The summed E-state index contributed by atoms with van der Waals surface area (Å²) in [5, 5.41) is 0. The molecule has 0 aromatic rings. The van der Waals surface area contributed by atoms with Crippen LogP contribution in [0, 0.1) is 0 Å². The molecule has 0 saturated heterocycles. The van der Waals surface area contributed by atoms with Gasteiger partial charge in [-0.05, 0) is 13.2 Å². The number of rotatable bonds is 4. The molecule has 0 spiro atoms. The third-order valence-corrected chi connectivity index (χ3v) is 0.683. The predicted molar refractivity (Wildman–Crippen MR) is 33.4 cm³/mol. The fourth-order valence-corrected chi connectivity index (χ4v) is 0.210. The van der Waals surface area contributed by atoms with Crippen LogP contribution in [0.4, 0.5) is 0 Å². The van der Waals surface area contributed by atoms with Gasteiger partial charge in [0.05, 0.1) is 14.2 Å². The maximum Gasteiger partial charge on any atom is 0.279 e. The summed E-state index contributed by atoms with van der Waals surface area (Å²) in [5.41, 5.74) is 0. The molecule has 0 amide bonds. The molecule has 3 nitrogen and oxygen atoms in total. The predicted octanol–water partition coefficient (Wildman–Crippen LogP) is 1.24. The van der Waals surface area contributed by atoms with Crippen molar-refractivity contribution in [3.8, 4) is 0 Å². The van der Waals surface area contributed by atoms with E-state index in [2.05, 4.69) is 22.6 Å². The lowest BCUT2D eigenvalue weighted by molar-refractivity contribution is 0.0291. The molecule has 9 heavy (non-hydrogen) atoms. The third kappa shape index (κ3) is 3.46. The van der Waals surface area contributed by atoms with Crippen molar-refractivity contribution in [2.75, 3.05) is 14.2 Å². The minimum Gasteiger partial charge on any atom is -0.469 e. The highest BCUT2D eigenvalue weighted by Crippen LogP contribution is 2.01. The highest BCUT2D eigenvalue weighted by molar-refractivity contribution is 4.77. The van der Waals surface area contributed by atoms with Gasteiger partial charge in [-0.2, -0.15) is 0 Å². The molecular formula is C6H10O3. The fraction of sp³-hybridized carbons (Fsp3) is 0.333. The van der Waals surface area contributed by atoms with Crippen molar-refractivity contribution >= 4 is 0 Å². The van der Waals surface area contributed by atoms with Crippen LogP contribution in [0.3, 0.4) is 0 Å². The molecule has 0 rings (SSSR count). The molecule has 0 aliphatic carbocycles. The Labute approximate surface area is 54.5 Å². The molecule has 0 aromatic heterocycles. The van der Waals surface area contributed by atoms with Crippen LogP contribution in [-0.2, 0) is 14.2 Å². The normalized spacial score (nSPS) is 7.78. The second-order valence-corrected chi connectivity index (χ2v) is 1.25. The van der Waals surface area contributed by atoms with Gasteiger partial charge in [0.25, 0.3) is 11.9 Å². The van der Waals surface area contributed by atoms with Gasteiger partial charge >= 0.3 is 0 Å². The van der Waals surface area contributed by atoms with Crippen LogP contribution in [0.1, 0.15) is 0 Å². The lowest BCUT2D eigenvalue weighted by Gasteiger charge is -2.06. The highest BCUT2D eigenvalue weighted by atomic mass is 16.7. The Hall–Kier alpha value is -1.12. The Balaban J connectivity index is 3.47. The maximum absolute atomic E-state index is 4.72. The fourth-order valence-electron chi connectivity index (χ4n) is 0.210. The van der Waals surface area contributed by atoms with Crippen LogP contribution in [0.15, 0.2) is 25.0 Å². The smallest absolute Gasteiger partial charge is 0.279 e. The molecule has 0 unspecified atom stereocenters. The summed E-state index contributed by atoms with van der Waals surface area (Å²) in [6.45, 7) is 6.75. The van der Waals surface area contributed by atoms with Gasteiger partial charge in [-0.3, -0.25) is 0 Å². The summed E-state index contributed by atoms with van der Waals surface area (Å²) in [6.07, 6.45) is 0. The Bertz CT molecular complexity index is 103. The van der Waals surface area contributed by atoms with Crippen molar-refractivity contribution in [2.45, 2.75) is 0 Å². The van der Waals surface area contributed by atoms with Crippen molar-refractivity contribution in [2.24, 2.45) is 0 Å². The van der Waals surface area contributed by atoms with Crippen molar-refractivity contribution in [1.82, 2.24) is 0 Å². The van der Waals surface area contributed by atoms with Gasteiger partial charge < -0.3 is 14.2 Å². The van der Waals surface area contributed by atoms with Gasteiger partial charge in [0, 0.05) is 0 Å². The summed E-state index contributed by atoms with van der Waals surface area (Å²) >= 11 is 0. The van der Waals surface area contributed by atoms with Gasteiger partial charge in [-0.25, -0.2) is 0 Å². The molecule has 0 aromatic carbocycles. The molecule has 0 bridgehead atoms. The summed E-state index contributed by atoms with van der Waals surface area (Å²) in [6, 6.07) is 0. The summed E-state index contributed by atoms with van der Waals surface area (Å²) in [7, 11) is 2.90. The Morgan fingerprint density at radius 2 is 1.33 bits per heavy atom. The van der Waals surface area contributed by atoms with Crippen LogP contribution in [0.25, 0.3) is 0 Å². The van der Waals surface area contributed by atoms with E-state index in [0.717, 1.165) is 0 Å².